The first-order valence-electron chi connectivity index (χ1n) is 4.62. The van der Waals surface area contributed by atoms with Crippen LogP contribution in [0.2, 0.25) is 0 Å². The van der Waals surface area contributed by atoms with Crippen molar-refractivity contribution in [1.29, 1.82) is 0 Å². The zero-order chi connectivity index (χ0) is 9.68. The standard InChI is InChI=1S/C9H18NO3/c1-4-13-10-6-5-9(8(10)2)12-7-11-3/h8-9H,2,4-7H2,1,3H3. The van der Waals surface area contributed by atoms with E-state index in [1.165, 1.54) is 0 Å². The summed E-state index contributed by atoms with van der Waals surface area (Å²) in [6.45, 7) is 7.86. The molecule has 0 spiro atoms. The van der Waals surface area contributed by atoms with E-state index >= 15 is 0 Å². The van der Waals surface area contributed by atoms with Gasteiger partial charge in [-0.1, -0.05) is 0 Å². The smallest absolute Gasteiger partial charge is 0.146 e. The Hall–Kier alpha value is -0.160. The van der Waals surface area contributed by atoms with Crippen LogP contribution in [0.4, 0.5) is 0 Å². The average Bonchev–Trinajstić information content (AvgIpc) is 2.46. The Labute approximate surface area is 79.7 Å². The van der Waals surface area contributed by atoms with Gasteiger partial charge >= 0.3 is 0 Å². The summed E-state index contributed by atoms with van der Waals surface area (Å²) in [5.41, 5.74) is 0. The quantitative estimate of drug-likeness (QED) is 0.598. The number of methoxy groups -OCH3 is 1. The molecule has 4 nitrogen and oxygen atoms in total. The van der Waals surface area contributed by atoms with Gasteiger partial charge in [-0.3, -0.25) is 4.84 Å². The predicted octanol–water partition coefficient (Wildman–Crippen LogP) is 0.835. The fourth-order valence-electron chi connectivity index (χ4n) is 1.47. The lowest BCUT2D eigenvalue weighted by Crippen LogP contribution is -2.34. The third-order valence-corrected chi connectivity index (χ3v) is 2.13. The van der Waals surface area contributed by atoms with E-state index in [0.717, 1.165) is 13.0 Å². The van der Waals surface area contributed by atoms with Crippen LogP contribution >= 0.6 is 0 Å². The van der Waals surface area contributed by atoms with Crippen molar-refractivity contribution in [2.75, 3.05) is 27.1 Å². The summed E-state index contributed by atoms with van der Waals surface area (Å²) in [6, 6.07) is 0.0788. The van der Waals surface area contributed by atoms with Crippen LogP contribution < -0.4 is 0 Å². The van der Waals surface area contributed by atoms with E-state index in [4.69, 9.17) is 14.3 Å². The van der Waals surface area contributed by atoms with Crippen molar-refractivity contribution >= 4 is 0 Å². The molecule has 1 radical (unpaired) electrons. The summed E-state index contributed by atoms with van der Waals surface area (Å²) in [4.78, 5) is 5.38. The van der Waals surface area contributed by atoms with E-state index in [1.807, 2.05) is 12.0 Å². The van der Waals surface area contributed by atoms with Gasteiger partial charge in [-0.15, -0.1) is 0 Å². The van der Waals surface area contributed by atoms with Gasteiger partial charge in [0.05, 0.1) is 18.8 Å². The first-order valence-corrected chi connectivity index (χ1v) is 4.62. The van der Waals surface area contributed by atoms with Gasteiger partial charge in [-0.2, -0.15) is 5.06 Å². The van der Waals surface area contributed by atoms with Crippen LogP contribution in [0.3, 0.4) is 0 Å². The van der Waals surface area contributed by atoms with Gasteiger partial charge in [0, 0.05) is 13.7 Å². The highest BCUT2D eigenvalue weighted by atomic mass is 16.7. The summed E-state index contributed by atoms with van der Waals surface area (Å²) in [7, 11) is 1.62. The topological polar surface area (TPSA) is 30.9 Å². The fraction of sp³-hybridized carbons (Fsp3) is 0.889. The number of ether oxygens (including phenoxy) is 2. The van der Waals surface area contributed by atoms with Crippen molar-refractivity contribution in [3.63, 3.8) is 0 Å². The summed E-state index contributed by atoms with van der Waals surface area (Å²) < 4.78 is 10.3. The molecule has 2 atom stereocenters. The van der Waals surface area contributed by atoms with Crippen molar-refractivity contribution in [3.8, 4) is 0 Å². The lowest BCUT2D eigenvalue weighted by Gasteiger charge is -2.22. The van der Waals surface area contributed by atoms with Gasteiger partial charge in [-0.05, 0) is 20.3 Å². The minimum atomic E-state index is 0.0788. The third-order valence-electron chi connectivity index (χ3n) is 2.13. The first kappa shape index (κ1) is 10.9. The minimum absolute atomic E-state index is 0.0788. The van der Waals surface area contributed by atoms with E-state index in [0.29, 0.717) is 13.4 Å². The van der Waals surface area contributed by atoms with Crippen molar-refractivity contribution in [1.82, 2.24) is 5.06 Å². The zero-order valence-corrected chi connectivity index (χ0v) is 8.36. The summed E-state index contributed by atoms with van der Waals surface area (Å²) in [6.07, 6.45) is 1.09. The van der Waals surface area contributed by atoms with Crippen LogP contribution in [0, 0.1) is 6.92 Å². The highest BCUT2D eigenvalue weighted by Crippen LogP contribution is 2.20. The van der Waals surface area contributed by atoms with Gasteiger partial charge in [0.1, 0.15) is 6.79 Å². The molecule has 0 bridgehead atoms. The second kappa shape index (κ2) is 5.54. The molecular formula is C9H18NO3. The monoisotopic (exact) mass is 188 g/mol. The predicted molar refractivity (Wildman–Crippen MR) is 48.8 cm³/mol. The van der Waals surface area contributed by atoms with Gasteiger partial charge < -0.3 is 9.47 Å². The molecule has 13 heavy (non-hydrogen) atoms. The van der Waals surface area contributed by atoms with Gasteiger partial charge in [0.25, 0.3) is 0 Å². The van der Waals surface area contributed by atoms with E-state index in [2.05, 4.69) is 6.92 Å². The summed E-state index contributed by atoms with van der Waals surface area (Å²) >= 11 is 0. The first-order chi connectivity index (χ1) is 6.29. The SMILES string of the molecule is [CH2]C1C(OCOC)CCN1OCC. The van der Waals surface area contributed by atoms with E-state index in [-0.39, 0.29) is 12.1 Å². The highest BCUT2D eigenvalue weighted by Gasteiger charge is 2.32. The Balaban J connectivity index is 2.27. The molecule has 0 aromatic rings. The number of nitrogens with zero attached hydrogens (tertiary/aromatic N) is 1. The molecule has 0 N–H and O–H groups in total. The number of hydrogen-bond acceptors (Lipinski definition) is 4. The Bertz CT molecular complexity index is 143. The molecule has 0 amide bonds. The molecular weight excluding hydrogens is 170 g/mol. The highest BCUT2D eigenvalue weighted by molar-refractivity contribution is 4.85. The normalized spacial score (nSPS) is 29.8. The molecule has 1 saturated heterocycles. The summed E-state index contributed by atoms with van der Waals surface area (Å²) in [5.74, 6) is 0. The second-order valence-electron chi connectivity index (χ2n) is 3.03. The maximum Gasteiger partial charge on any atom is 0.146 e. The van der Waals surface area contributed by atoms with Gasteiger partial charge in [0.2, 0.25) is 0 Å². The van der Waals surface area contributed by atoms with Crippen molar-refractivity contribution in [3.05, 3.63) is 6.92 Å². The van der Waals surface area contributed by atoms with Crippen LogP contribution in [0.1, 0.15) is 13.3 Å². The number of hydroxylamine groups is 2. The lowest BCUT2D eigenvalue weighted by atomic mass is 10.2. The Morgan fingerprint density at radius 3 is 2.92 bits per heavy atom. The van der Waals surface area contributed by atoms with E-state index in [1.54, 1.807) is 7.11 Å². The van der Waals surface area contributed by atoms with Crippen LogP contribution in [-0.4, -0.2) is 44.3 Å². The fourth-order valence-corrected chi connectivity index (χ4v) is 1.47. The average molecular weight is 188 g/mol. The van der Waals surface area contributed by atoms with Crippen LogP contribution in [0.5, 0.6) is 0 Å². The second-order valence-corrected chi connectivity index (χ2v) is 3.03. The Morgan fingerprint density at radius 1 is 1.54 bits per heavy atom. The van der Waals surface area contributed by atoms with E-state index < -0.39 is 0 Å². The van der Waals surface area contributed by atoms with Crippen molar-refractivity contribution < 1.29 is 14.3 Å². The summed E-state index contributed by atoms with van der Waals surface area (Å²) in [5, 5.41) is 1.88. The van der Waals surface area contributed by atoms with E-state index in [9.17, 15) is 0 Å². The largest absolute Gasteiger partial charge is 0.359 e. The molecule has 0 aromatic heterocycles. The maximum atomic E-state index is 5.43. The van der Waals surface area contributed by atoms with Crippen molar-refractivity contribution in [2.45, 2.75) is 25.5 Å². The molecule has 1 heterocycles. The molecule has 1 rings (SSSR count). The molecule has 0 aliphatic carbocycles. The molecule has 4 heteroatoms. The Kier molecular flexibility index (Phi) is 4.66. The van der Waals surface area contributed by atoms with Crippen LogP contribution in [0.25, 0.3) is 0 Å². The maximum absolute atomic E-state index is 5.43. The molecule has 2 unspecified atom stereocenters. The Morgan fingerprint density at radius 2 is 2.31 bits per heavy atom. The molecule has 1 aliphatic heterocycles. The lowest BCUT2D eigenvalue weighted by molar-refractivity contribution is -0.172. The minimum Gasteiger partial charge on any atom is -0.359 e. The molecule has 0 saturated carbocycles. The van der Waals surface area contributed by atoms with Gasteiger partial charge in [-0.25, -0.2) is 0 Å². The molecule has 0 aromatic carbocycles. The molecule has 77 valence electrons. The van der Waals surface area contributed by atoms with Crippen LogP contribution in [0.15, 0.2) is 0 Å². The third kappa shape index (κ3) is 2.91. The van der Waals surface area contributed by atoms with Gasteiger partial charge in [0.15, 0.2) is 0 Å². The molecule has 1 aliphatic rings. The zero-order valence-electron chi connectivity index (χ0n) is 8.36. The van der Waals surface area contributed by atoms with Crippen LogP contribution in [-0.2, 0) is 14.3 Å². The van der Waals surface area contributed by atoms with Crippen molar-refractivity contribution in [2.24, 2.45) is 0 Å². The number of hydrogen-bond donors (Lipinski definition) is 0. The number of rotatable bonds is 5. The molecule has 1 fully saturated rings.